The number of hydrogen-bond acceptors (Lipinski definition) is 4. The molecule has 1 aromatic rings. The van der Waals surface area contributed by atoms with Gasteiger partial charge in [0.2, 0.25) is 0 Å². The van der Waals surface area contributed by atoms with Crippen LogP contribution in [0, 0.1) is 6.92 Å². The normalized spacial score (nSPS) is 12.1. The third-order valence-corrected chi connectivity index (χ3v) is 2.87. The number of hydrogen-bond donors (Lipinski definition) is 2. The molecule has 3 N–H and O–H groups in total. The van der Waals surface area contributed by atoms with E-state index in [9.17, 15) is 0 Å². The van der Waals surface area contributed by atoms with E-state index in [-0.39, 0.29) is 6.04 Å². The first-order valence-corrected chi connectivity index (χ1v) is 6.30. The molecule has 1 aromatic carbocycles. The van der Waals surface area contributed by atoms with Crippen LogP contribution >= 0.6 is 0 Å². The van der Waals surface area contributed by atoms with Crippen LogP contribution < -0.4 is 20.5 Å². The van der Waals surface area contributed by atoms with E-state index in [4.69, 9.17) is 15.2 Å². The molecule has 18 heavy (non-hydrogen) atoms. The summed E-state index contributed by atoms with van der Waals surface area (Å²) in [6.07, 6.45) is 2.05. The lowest BCUT2D eigenvalue weighted by Gasteiger charge is -2.15. The molecule has 0 heterocycles. The van der Waals surface area contributed by atoms with Crippen LogP contribution in [-0.2, 0) is 0 Å². The lowest BCUT2D eigenvalue weighted by Crippen LogP contribution is -2.16. The monoisotopic (exact) mass is 252 g/mol. The zero-order valence-electron chi connectivity index (χ0n) is 11.7. The van der Waals surface area contributed by atoms with Gasteiger partial charge in [0.25, 0.3) is 0 Å². The first kappa shape index (κ1) is 14.6. The van der Waals surface area contributed by atoms with Crippen LogP contribution in [0.4, 0.5) is 5.69 Å². The Morgan fingerprint density at radius 2 is 1.89 bits per heavy atom. The van der Waals surface area contributed by atoms with Crippen LogP contribution in [0.3, 0.4) is 0 Å². The smallest absolute Gasteiger partial charge is 0.142 e. The number of aryl methyl sites for hydroxylation is 1. The molecule has 0 saturated carbocycles. The number of methoxy groups -OCH3 is 2. The molecule has 0 aromatic heterocycles. The van der Waals surface area contributed by atoms with Gasteiger partial charge in [0.1, 0.15) is 11.5 Å². The van der Waals surface area contributed by atoms with Crippen molar-refractivity contribution in [3.05, 3.63) is 17.7 Å². The van der Waals surface area contributed by atoms with Gasteiger partial charge in [0, 0.05) is 18.7 Å². The summed E-state index contributed by atoms with van der Waals surface area (Å²) >= 11 is 0. The molecule has 0 bridgehead atoms. The van der Waals surface area contributed by atoms with Gasteiger partial charge in [-0.15, -0.1) is 0 Å². The van der Waals surface area contributed by atoms with E-state index in [0.717, 1.165) is 42.1 Å². The van der Waals surface area contributed by atoms with Gasteiger partial charge < -0.3 is 20.5 Å². The minimum atomic E-state index is 0.251. The molecule has 0 aliphatic heterocycles. The molecule has 4 heteroatoms. The summed E-state index contributed by atoms with van der Waals surface area (Å²) in [5.41, 5.74) is 7.75. The fraction of sp³-hybridized carbons (Fsp3) is 0.571. The summed E-state index contributed by atoms with van der Waals surface area (Å²) in [4.78, 5) is 0. The molecule has 4 nitrogen and oxygen atoms in total. The van der Waals surface area contributed by atoms with Crippen LogP contribution in [0.25, 0.3) is 0 Å². The summed E-state index contributed by atoms with van der Waals surface area (Å²) in [5.74, 6) is 1.71. The maximum absolute atomic E-state index is 5.72. The average Bonchev–Trinajstić information content (AvgIpc) is 2.35. The second-order valence-corrected chi connectivity index (χ2v) is 4.57. The van der Waals surface area contributed by atoms with Crippen molar-refractivity contribution >= 4 is 5.69 Å². The first-order chi connectivity index (χ1) is 8.58. The molecule has 1 unspecified atom stereocenters. The molecule has 1 rings (SSSR count). The van der Waals surface area contributed by atoms with Crippen LogP contribution in [0.1, 0.15) is 25.3 Å². The number of ether oxygens (including phenoxy) is 2. The van der Waals surface area contributed by atoms with Gasteiger partial charge in [-0.05, 0) is 38.3 Å². The number of nitrogens with one attached hydrogen (secondary N) is 1. The number of nitrogens with two attached hydrogens (primary N) is 1. The van der Waals surface area contributed by atoms with Crippen molar-refractivity contribution in [2.24, 2.45) is 5.73 Å². The zero-order valence-corrected chi connectivity index (χ0v) is 11.7. The molecule has 0 saturated heterocycles. The van der Waals surface area contributed by atoms with Gasteiger partial charge in [-0.25, -0.2) is 0 Å². The fourth-order valence-electron chi connectivity index (χ4n) is 1.84. The van der Waals surface area contributed by atoms with Crippen molar-refractivity contribution in [2.75, 3.05) is 26.1 Å². The molecule has 0 aliphatic rings. The number of rotatable bonds is 7. The van der Waals surface area contributed by atoms with Crippen LogP contribution in [0.5, 0.6) is 11.5 Å². The van der Waals surface area contributed by atoms with Crippen molar-refractivity contribution in [1.82, 2.24) is 0 Å². The second-order valence-electron chi connectivity index (χ2n) is 4.57. The Bertz CT molecular complexity index is 378. The predicted octanol–water partition coefficient (Wildman–Crippen LogP) is 2.55. The van der Waals surface area contributed by atoms with Gasteiger partial charge in [0.05, 0.1) is 19.9 Å². The Labute approximate surface area is 109 Å². The molecule has 0 aliphatic carbocycles. The minimum Gasteiger partial charge on any atom is -0.496 e. The van der Waals surface area contributed by atoms with Gasteiger partial charge >= 0.3 is 0 Å². The SMILES string of the molecule is COc1cc(NCCCC(C)N)c(OC)cc1C. The molecular formula is C14H24N2O2. The van der Waals surface area contributed by atoms with E-state index in [1.807, 2.05) is 26.0 Å². The van der Waals surface area contributed by atoms with Crippen molar-refractivity contribution < 1.29 is 9.47 Å². The zero-order chi connectivity index (χ0) is 13.5. The Hall–Kier alpha value is -1.42. The predicted molar refractivity (Wildman–Crippen MR) is 75.7 cm³/mol. The largest absolute Gasteiger partial charge is 0.496 e. The second kappa shape index (κ2) is 7.11. The fourth-order valence-corrected chi connectivity index (χ4v) is 1.84. The molecule has 0 amide bonds. The molecule has 1 atom stereocenters. The summed E-state index contributed by atoms with van der Waals surface area (Å²) in [5, 5.41) is 3.36. The van der Waals surface area contributed by atoms with Gasteiger partial charge in [0.15, 0.2) is 0 Å². The average molecular weight is 252 g/mol. The highest BCUT2D eigenvalue weighted by molar-refractivity contribution is 5.62. The maximum atomic E-state index is 5.72. The van der Waals surface area contributed by atoms with E-state index in [2.05, 4.69) is 5.32 Å². The molecule has 0 spiro atoms. The summed E-state index contributed by atoms with van der Waals surface area (Å²) in [6, 6.07) is 4.20. The van der Waals surface area contributed by atoms with Crippen molar-refractivity contribution in [2.45, 2.75) is 32.7 Å². The molecular weight excluding hydrogens is 228 g/mol. The first-order valence-electron chi connectivity index (χ1n) is 6.30. The third kappa shape index (κ3) is 4.11. The third-order valence-electron chi connectivity index (χ3n) is 2.87. The summed E-state index contributed by atoms with van der Waals surface area (Å²) < 4.78 is 10.7. The molecule has 0 fully saturated rings. The van der Waals surface area contributed by atoms with E-state index in [0.29, 0.717) is 0 Å². The Balaban J connectivity index is 2.68. The lowest BCUT2D eigenvalue weighted by atomic mass is 10.1. The van der Waals surface area contributed by atoms with E-state index in [1.165, 1.54) is 0 Å². The van der Waals surface area contributed by atoms with Crippen molar-refractivity contribution in [3.8, 4) is 11.5 Å². The number of anilines is 1. The van der Waals surface area contributed by atoms with E-state index in [1.54, 1.807) is 14.2 Å². The standard InChI is InChI=1S/C14H24N2O2/c1-10-8-14(18-4)12(9-13(10)17-3)16-7-5-6-11(2)15/h8-9,11,16H,5-7,15H2,1-4H3. The lowest BCUT2D eigenvalue weighted by molar-refractivity contribution is 0.402. The maximum Gasteiger partial charge on any atom is 0.142 e. The van der Waals surface area contributed by atoms with Crippen LogP contribution in [0.2, 0.25) is 0 Å². The van der Waals surface area contributed by atoms with Crippen molar-refractivity contribution in [1.29, 1.82) is 0 Å². The van der Waals surface area contributed by atoms with Gasteiger partial charge in [-0.2, -0.15) is 0 Å². The van der Waals surface area contributed by atoms with E-state index < -0.39 is 0 Å². The van der Waals surface area contributed by atoms with Crippen LogP contribution in [-0.4, -0.2) is 26.8 Å². The molecule has 0 radical (unpaired) electrons. The summed E-state index contributed by atoms with van der Waals surface area (Å²) in [6.45, 7) is 4.90. The highest BCUT2D eigenvalue weighted by Gasteiger charge is 2.08. The number of benzene rings is 1. The highest BCUT2D eigenvalue weighted by atomic mass is 16.5. The topological polar surface area (TPSA) is 56.5 Å². The minimum absolute atomic E-state index is 0.251. The van der Waals surface area contributed by atoms with E-state index >= 15 is 0 Å². The quantitative estimate of drug-likeness (QED) is 0.732. The van der Waals surface area contributed by atoms with Gasteiger partial charge in [-0.3, -0.25) is 0 Å². The Kier molecular flexibility index (Phi) is 5.78. The summed E-state index contributed by atoms with van der Waals surface area (Å²) in [7, 11) is 3.35. The Morgan fingerprint density at radius 3 is 2.44 bits per heavy atom. The molecule has 102 valence electrons. The highest BCUT2D eigenvalue weighted by Crippen LogP contribution is 2.32. The van der Waals surface area contributed by atoms with Gasteiger partial charge in [-0.1, -0.05) is 0 Å². The van der Waals surface area contributed by atoms with Crippen molar-refractivity contribution in [3.63, 3.8) is 0 Å². The van der Waals surface area contributed by atoms with Crippen LogP contribution in [0.15, 0.2) is 12.1 Å². The Morgan fingerprint density at radius 1 is 1.22 bits per heavy atom.